The van der Waals surface area contributed by atoms with Crippen molar-refractivity contribution >= 4 is 5.84 Å². The molecule has 0 aromatic heterocycles. The first-order valence-electron chi connectivity index (χ1n) is 14.0. The molecule has 200 valence electrons. The van der Waals surface area contributed by atoms with Gasteiger partial charge in [0, 0.05) is 29.6 Å². The normalized spacial score (nSPS) is 28.9. The average molecular weight is 509 g/mol. The highest BCUT2D eigenvalue weighted by Gasteiger charge is 2.56. The van der Waals surface area contributed by atoms with Gasteiger partial charge >= 0.3 is 0 Å². The van der Waals surface area contributed by atoms with E-state index < -0.39 is 0 Å². The third-order valence-electron chi connectivity index (χ3n) is 8.32. The fourth-order valence-corrected chi connectivity index (χ4v) is 6.18. The summed E-state index contributed by atoms with van der Waals surface area (Å²) in [5, 5.41) is 7.27. The van der Waals surface area contributed by atoms with Crippen LogP contribution in [0.3, 0.4) is 0 Å². The Hall–Kier alpha value is -3.49. The first-order chi connectivity index (χ1) is 18.3. The minimum absolute atomic E-state index is 0.187. The molecule has 2 aliphatic heterocycles. The van der Waals surface area contributed by atoms with Crippen LogP contribution in [0.25, 0.3) is 0 Å². The Morgan fingerprint density at radius 2 is 2.11 bits per heavy atom. The second-order valence-corrected chi connectivity index (χ2v) is 10.9. The van der Waals surface area contributed by atoms with E-state index in [0.29, 0.717) is 25.0 Å². The Kier molecular flexibility index (Phi) is 8.64. The van der Waals surface area contributed by atoms with Crippen LogP contribution >= 0.6 is 0 Å². The number of allylic oxidation sites excluding steroid dienone is 10. The molecule has 0 spiro atoms. The molecule has 1 saturated heterocycles. The van der Waals surface area contributed by atoms with Gasteiger partial charge in [-0.3, -0.25) is 4.99 Å². The summed E-state index contributed by atoms with van der Waals surface area (Å²) in [6.07, 6.45) is 21.7. The highest BCUT2D eigenvalue weighted by Crippen LogP contribution is 2.51. The summed E-state index contributed by atoms with van der Waals surface area (Å²) in [7, 11) is 0. The van der Waals surface area contributed by atoms with E-state index in [1.807, 2.05) is 19.1 Å². The molecule has 4 heteroatoms. The quantitative estimate of drug-likeness (QED) is 0.265. The maximum Gasteiger partial charge on any atom is 0.123 e. The molecule has 1 saturated carbocycles. The van der Waals surface area contributed by atoms with Crippen LogP contribution in [-0.4, -0.2) is 42.0 Å². The van der Waals surface area contributed by atoms with E-state index in [-0.39, 0.29) is 5.54 Å². The van der Waals surface area contributed by atoms with Crippen molar-refractivity contribution in [2.75, 3.05) is 19.6 Å². The Morgan fingerprint density at radius 3 is 2.84 bits per heavy atom. The van der Waals surface area contributed by atoms with Gasteiger partial charge in [-0.25, -0.2) is 0 Å². The number of likely N-dealkylation sites (tertiary alicyclic amines) is 1. The van der Waals surface area contributed by atoms with Crippen molar-refractivity contribution < 1.29 is 0 Å². The summed E-state index contributed by atoms with van der Waals surface area (Å²) in [4.78, 5) is 7.70. The Labute approximate surface area is 230 Å². The SMILES string of the molecule is C=C(C)/C=C\C(=C/C)C1=C=CC=C2CN/C([C@]3(C)[C@H]4CC[C@H](C4)N3C(=C)CNC(=C)CC)=N\C/C=C\C2=C1. The Balaban J connectivity index is 1.57. The summed E-state index contributed by atoms with van der Waals surface area (Å²) in [5.74, 6) is 1.64. The molecule has 0 aromatic rings. The first-order valence-corrected chi connectivity index (χ1v) is 14.0. The highest BCUT2D eigenvalue weighted by atomic mass is 15.3. The highest BCUT2D eigenvalue weighted by molar-refractivity contribution is 5.93. The predicted octanol–water partition coefficient (Wildman–Crippen LogP) is 6.84. The van der Waals surface area contributed by atoms with Gasteiger partial charge in [0.1, 0.15) is 5.84 Å². The molecule has 0 amide bonds. The van der Waals surface area contributed by atoms with E-state index in [1.165, 1.54) is 30.4 Å². The lowest BCUT2D eigenvalue weighted by molar-refractivity contribution is 0.145. The number of aliphatic imine (C=N–C) groups is 1. The minimum Gasteiger partial charge on any atom is -0.383 e. The fraction of sp³-hybridized carbons (Fsp3) is 0.412. The number of fused-ring (bicyclic) bond motifs is 3. The molecule has 4 nitrogen and oxygen atoms in total. The summed E-state index contributed by atoms with van der Waals surface area (Å²) < 4.78 is 0. The van der Waals surface area contributed by atoms with Crippen molar-refractivity contribution in [3.8, 4) is 0 Å². The first kappa shape index (κ1) is 27.5. The smallest absolute Gasteiger partial charge is 0.123 e. The van der Waals surface area contributed by atoms with E-state index in [0.717, 1.165) is 46.9 Å². The summed E-state index contributed by atoms with van der Waals surface area (Å²) in [6, 6.07) is 0.524. The van der Waals surface area contributed by atoms with Crippen molar-refractivity contribution in [2.24, 2.45) is 10.9 Å². The standard InChI is InChI=1S/C34H44N4/c1-8-25(5)36-22-26(6)38-32-18-17-31(21-32)34(38,7)33-35-19-11-14-29-20-28(12-10-13-30(29)23-37-33)27(9-2)16-15-24(3)4/h9-11,13-16,20,31-32,36H,3,5-6,8,17-19,21-23H2,1-2,4,7H3,(H,35,37)/b14-11-,16-15-,27-9+/t31-,32+,34-/m0/s1. The van der Waals surface area contributed by atoms with Gasteiger partial charge < -0.3 is 15.5 Å². The van der Waals surface area contributed by atoms with Crippen LogP contribution in [0.15, 0.2) is 118 Å². The van der Waals surface area contributed by atoms with Gasteiger partial charge in [-0.05, 0) is 87.3 Å². The lowest BCUT2D eigenvalue weighted by atomic mass is 9.82. The van der Waals surface area contributed by atoms with E-state index in [9.17, 15) is 0 Å². The van der Waals surface area contributed by atoms with Crippen molar-refractivity contribution in [1.82, 2.24) is 15.5 Å². The van der Waals surface area contributed by atoms with E-state index >= 15 is 0 Å². The molecule has 0 aromatic carbocycles. The minimum atomic E-state index is -0.187. The molecule has 38 heavy (non-hydrogen) atoms. The fourth-order valence-electron chi connectivity index (χ4n) is 6.18. The second-order valence-electron chi connectivity index (χ2n) is 10.9. The molecular formula is C34H44N4. The summed E-state index contributed by atoms with van der Waals surface area (Å²) in [6.45, 7) is 23.3. The van der Waals surface area contributed by atoms with Crippen LogP contribution in [0, 0.1) is 5.92 Å². The summed E-state index contributed by atoms with van der Waals surface area (Å²) >= 11 is 0. The largest absolute Gasteiger partial charge is 0.383 e. The number of nitrogens with one attached hydrogen (secondary N) is 2. The second kappa shape index (κ2) is 11.9. The van der Waals surface area contributed by atoms with Crippen LogP contribution in [0.1, 0.15) is 53.4 Å². The number of piperidine rings is 1. The lowest BCUT2D eigenvalue weighted by Gasteiger charge is -2.47. The van der Waals surface area contributed by atoms with Crippen LogP contribution < -0.4 is 10.6 Å². The molecule has 0 unspecified atom stereocenters. The van der Waals surface area contributed by atoms with Gasteiger partial charge in [-0.2, -0.15) is 0 Å². The molecule has 3 atom stereocenters. The van der Waals surface area contributed by atoms with E-state index in [1.54, 1.807) is 0 Å². The van der Waals surface area contributed by atoms with Gasteiger partial charge in [-0.1, -0.05) is 62.6 Å². The van der Waals surface area contributed by atoms with Crippen LogP contribution in [0.2, 0.25) is 0 Å². The van der Waals surface area contributed by atoms with Gasteiger partial charge in [-0.15, -0.1) is 5.73 Å². The number of hydrogen-bond acceptors (Lipinski definition) is 4. The van der Waals surface area contributed by atoms with Gasteiger partial charge in [0.05, 0.1) is 18.6 Å². The predicted molar refractivity (Wildman–Crippen MR) is 163 cm³/mol. The monoisotopic (exact) mass is 508 g/mol. The van der Waals surface area contributed by atoms with Gasteiger partial charge in [0.25, 0.3) is 0 Å². The topological polar surface area (TPSA) is 39.7 Å². The van der Waals surface area contributed by atoms with Crippen molar-refractivity contribution in [2.45, 2.75) is 65.0 Å². The summed E-state index contributed by atoms with van der Waals surface area (Å²) in [5.41, 5.74) is 11.1. The Bertz CT molecular complexity index is 1240. The molecule has 2 N–H and O–H groups in total. The molecule has 0 radical (unpaired) electrons. The number of rotatable bonds is 9. The zero-order chi connectivity index (χ0) is 27.3. The van der Waals surface area contributed by atoms with Crippen LogP contribution in [-0.2, 0) is 0 Å². The third kappa shape index (κ3) is 5.66. The molecule has 2 heterocycles. The zero-order valence-corrected chi connectivity index (χ0v) is 23.7. The van der Waals surface area contributed by atoms with E-state index in [4.69, 9.17) is 4.99 Å². The molecule has 2 bridgehead atoms. The van der Waals surface area contributed by atoms with Crippen LogP contribution in [0.4, 0.5) is 0 Å². The molecule has 2 fully saturated rings. The van der Waals surface area contributed by atoms with Gasteiger partial charge in [0.2, 0.25) is 0 Å². The average Bonchev–Trinajstić information content (AvgIpc) is 3.45. The van der Waals surface area contributed by atoms with Crippen molar-refractivity contribution in [1.29, 1.82) is 0 Å². The van der Waals surface area contributed by atoms with E-state index in [2.05, 4.69) is 98.2 Å². The molecule has 4 aliphatic rings. The third-order valence-corrected chi connectivity index (χ3v) is 8.32. The van der Waals surface area contributed by atoms with Crippen molar-refractivity contribution in [3.63, 3.8) is 0 Å². The lowest BCUT2D eigenvalue weighted by Crippen LogP contribution is -2.60. The number of nitrogens with zero attached hydrogens (tertiary/aromatic N) is 2. The Morgan fingerprint density at radius 1 is 1.29 bits per heavy atom. The van der Waals surface area contributed by atoms with Crippen LogP contribution in [0.5, 0.6) is 0 Å². The molecule has 4 rings (SSSR count). The van der Waals surface area contributed by atoms with Crippen molar-refractivity contribution in [3.05, 3.63) is 113 Å². The molecular weight excluding hydrogens is 464 g/mol. The maximum atomic E-state index is 5.14. The maximum absolute atomic E-state index is 5.14. The number of hydrogen-bond donors (Lipinski definition) is 2. The number of amidine groups is 1. The van der Waals surface area contributed by atoms with Gasteiger partial charge in [0.15, 0.2) is 0 Å². The zero-order valence-electron chi connectivity index (χ0n) is 23.7. The molecule has 2 aliphatic carbocycles.